The van der Waals surface area contributed by atoms with Crippen molar-refractivity contribution in [3.8, 4) is 10.4 Å². The Morgan fingerprint density at radius 2 is 2.25 bits per heavy atom. The topological polar surface area (TPSA) is 28.7 Å². The van der Waals surface area contributed by atoms with Gasteiger partial charge in [-0.25, -0.2) is 0 Å². The summed E-state index contributed by atoms with van der Waals surface area (Å²) in [6, 6.07) is 2.20. The van der Waals surface area contributed by atoms with E-state index >= 15 is 0 Å². The van der Waals surface area contributed by atoms with Crippen LogP contribution in [0, 0.1) is 13.8 Å². The molecule has 62 valence electrons. The molecule has 0 spiro atoms. The van der Waals surface area contributed by atoms with Crippen LogP contribution in [0.3, 0.4) is 0 Å². The second-order valence-corrected chi connectivity index (χ2v) is 4.11. The van der Waals surface area contributed by atoms with Crippen molar-refractivity contribution in [3.05, 3.63) is 28.9 Å². The van der Waals surface area contributed by atoms with Crippen LogP contribution in [0.5, 0.6) is 0 Å². The lowest BCUT2D eigenvalue weighted by atomic mass is 10.2. The summed E-state index contributed by atoms with van der Waals surface area (Å²) in [6.07, 6.45) is 3.79. The molecule has 0 bridgehead atoms. The Hall–Kier alpha value is -1.09. The molecular formula is C9H10N2S. The molecule has 2 rings (SSSR count). The molecule has 0 saturated carbocycles. The molecule has 0 radical (unpaired) electrons. The van der Waals surface area contributed by atoms with Gasteiger partial charge in [-0.05, 0) is 25.5 Å². The molecule has 0 saturated heterocycles. The highest BCUT2D eigenvalue weighted by molar-refractivity contribution is 7.15. The second-order valence-electron chi connectivity index (χ2n) is 2.86. The van der Waals surface area contributed by atoms with E-state index in [0.717, 1.165) is 0 Å². The van der Waals surface area contributed by atoms with Crippen LogP contribution in [0.15, 0.2) is 18.5 Å². The highest BCUT2D eigenvalue weighted by atomic mass is 32.1. The Morgan fingerprint density at radius 3 is 2.75 bits per heavy atom. The number of nitrogens with one attached hydrogen (secondary N) is 1. The van der Waals surface area contributed by atoms with Crippen LogP contribution >= 0.6 is 11.3 Å². The van der Waals surface area contributed by atoms with Crippen LogP contribution in [-0.4, -0.2) is 10.2 Å². The lowest BCUT2D eigenvalue weighted by Gasteiger charge is -1.90. The van der Waals surface area contributed by atoms with E-state index in [-0.39, 0.29) is 0 Å². The van der Waals surface area contributed by atoms with E-state index in [4.69, 9.17) is 0 Å². The van der Waals surface area contributed by atoms with Gasteiger partial charge in [0.15, 0.2) is 0 Å². The van der Waals surface area contributed by atoms with Crippen molar-refractivity contribution in [1.82, 2.24) is 10.2 Å². The van der Waals surface area contributed by atoms with Crippen LogP contribution in [0.2, 0.25) is 0 Å². The molecule has 0 aliphatic rings. The average molecular weight is 178 g/mol. The number of aromatic amines is 1. The second kappa shape index (κ2) is 2.75. The Balaban J connectivity index is 2.54. The zero-order valence-corrected chi connectivity index (χ0v) is 7.90. The maximum Gasteiger partial charge on any atom is 0.0574 e. The molecular weight excluding hydrogens is 168 g/mol. The summed E-state index contributed by atoms with van der Waals surface area (Å²) >= 11 is 1.81. The molecule has 2 aromatic rings. The van der Waals surface area contributed by atoms with Gasteiger partial charge in [0, 0.05) is 21.5 Å². The van der Waals surface area contributed by atoms with Gasteiger partial charge in [0.25, 0.3) is 0 Å². The molecule has 2 nitrogen and oxygen atoms in total. The van der Waals surface area contributed by atoms with Crippen molar-refractivity contribution in [3.63, 3.8) is 0 Å². The van der Waals surface area contributed by atoms with Crippen LogP contribution in [-0.2, 0) is 0 Å². The van der Waals surface area contributed by atoms with Gasteiger partial charge in [0.05, 0.1) is 6.20 Å². The number of H-pyrrole nitrogens is 1. The van der Waals surface area contributed by atoms with Gasteiger partial charge in [0.1, 0.15) is 0 Å². The van der Waals surface area contributed by atoms with Crippen molar-refractivity contribution in [2.24, 2.45) is 0 Å². The molecule has 12 heavy (non-hydrogen) atoms. The number of aromatic nitrogens is 2. The number of nitrogens with zero attached hydrogens (tertiary/aromatic N) is 1. The summed E-state index contributed by atoms with van der Waals surface area (Å²) < 4.78 is 0. The van der Waals surface area contributed by atoms with Crippen molar-refractivity contribution >= 4 is 11.3 Å². The van der Waals surface area contributed by atoms with Gasteiger partial charge in [-0.1, -0.05) is 0 Å². The standard InChI is InChI=1S/C9H10N2S/c1-6-3-7(2)12-9(6)8-4-10-11-5-8/h3-5H,1-2H3,(H,10,11). The molecule has 0 fully saturated rings. The monoisotopic (exact) mass is 178 g/mol. The minimum absolute atomic E-state index is 1.19. The van der Waals surface area contributed by atoms with Crippen molar-refractivity contribution in [2.75, 3.05) is 0 Å². The largest absolute Gasteiger partial charge is 0.285 e. The van der Waals surface area contributed by atoms with E-state index in [1.165, 1.54) is 20.9 Å². The van der Waals surface area contributed by atoms with E-state index in [9.17, 15) is 0 Å². The third-order valence-electron chi connectivity index (χ3n) is 1.80. The summed E-state index contributed by atoms with van der Waals surface area (Å²) in [5.74, 6) is 0. The average Bonchev–Trinajstić information content (AvgIpc) is 2.58. The van der Waals surface area contributed by atoms with Crippen LogP contribution < -0.4 is 0 Å². The summed E-state index contributed by atoms with van der Waals surface area (Å²) in [5, 5.41) is 6.75. The maximum absolute atomic E-state index is 3.93. The van der Waals surface area contributed by atoms with Crippen molar-refractivity contribution in [2.45, 2.75) is 13.8 Å². The number of thiophene rings is 1. The Bertz CT molecular complexity index is 373. The number of aryl methyl sites for hydroxylation is 2. The molecule has 3 heteroatoms. The summed E-state index contributed by atoms with van der Waals surface area (Å²) in [4.78, 5) is 2.67. The molecule has 0 unspecified atom stereocenters. The first-order valence-corrected chi connectivity index (χ1v) is 4.65. The van der Waals surface area contributed by atoms with Gasteiger partial charge in [0.2, 0.25) is 0 Å². The molecule has 1 N–H and O–H groups in total. The van der Waals surface area contributed by atoms with Gasteiger partial charge in [-0.2, -0.15) is 5.10 Å². The van der Waals surface area contributed by atoms with Gasteiger partial charge in [-0.3, -0.25) is 5.10 Å². The first kappa shape index (κ1) is 7.55. The zero-order valence-electron chi connectivity index (χ0n) is 7.09. The minimum Gasteiger partial charge on any atom is -0.285 e. The SMILES string of the molecule is Cc1cc(C)c(-c2cn[nH]c2)s1. The first-order valence-electron chi connectivity index (χ1n) is 3.83. The third kappa shape index (κ3) is 1.16. The highest BCUT2D eigenvalue weighted by Crippen LogP contribution is 2.30. The normalized spacial score (nSPS) is 10.5. The van der Waals surface area contributed by atoms with Crippen LogP contribution in [0.1, 0.15) is 10.4 Å². The van der Waals surface area contributed by atoms with E-state index < -0.39 is 0 Å². The smallest absolute Gasteiger partial charge is 0.0574 e. The maximum atomic E-state index is 3.93. The fourth-order valence-corrected chi connectivity index (χ4v) is 2.31. The minimum atomic E-state index is 1.19. The van der Waals surface area contributed by atoms with E-state index in [1.807, 2.05) is 23.7 Å². The lowest BCUT2D eigenvalue weighted by molar-refractivity contribution is 1.09. The van der Waals surface area contributed by atoms with Crippen LogP contribution in [0.25, 0.3) is 10.4 Å². The van der Waals surface area contributed by atoms with E-state index in [2.05, 4.69) is 30.1 Å². The molecule has 0 aliphatic heterocycles. The van der Waals surface area contributed by atoms with Crippen molar-refractivity contribution in [1.29, 1.82) is 0 Å². The molecule has 0 aliphatic carbocycles. The number of hydrogen-bond donors (Lipinski definition) is 1. The Kier molecular flexibility index (Phi) is 1.73. The fourth-order valence-electron chi connectivity index (χ4n) is 1.30. The molecule has 0 atom stereocenters. The predicted molar refractivity (Wildman–Crippen MR) is 51.4 cm³/mol. The first-order chi connectivity index (χ1) is 5.77. The van der Waals surface area contributed by atoms with Crippen molar-refractivity contribution < 1.29 is 0 Å². The molecule has 2 heterocycles. The van der Waals surface area contributed by atoms with Gasteiger partial charge >= 0.3 is 0 Å². The third-order valence-corrected chi connectivity index (χ3v) is 3.00. The van der Waals surface area contributed by atoms with E-state index in [1.54, 1.807) is 0 Å². The number of hydrogen-bond acceptors (Lipinski definition) is 2. The quantitative estimate of drug-likeness (QED) is 0.714. The number of rotatable bonds is 1. The summed E-state index contributed by atoms with van der Waals surface area (Å²) in [5.41, 5.74) is 2.52. The zero-order chi connectivity index (χ0) is 8.55. The Labute approximate surface area is 75.3 Å². The van der Waals surface area contributed by atoms with E-state index in [0.29, 0.717) is 0 Å². The highest BCUT2D eigenvalue weighted by Gasteiger charge is 2.05. The van der Waals surface area contributed by atoms with Gasteiger partial charge in [-0.15, -0.1) is 11.3 Å². The Morgan fingerprint density at radius 1 is 1.42 bits per heavy atom. The lowest BCUT2D eigenvalue weighted by Crippen LogP contribution is -1.68. The van der Waals surface area contributed by atoms with Crippen LogP contribution in [0.4, 0.5) is 0 Å². The molecule has 0 amide bonds. The summed E-state index contributed by atoms with van der Waals surface area (Å²) in [7, 11) is 0. The fraction of sp³-hybridized carbons (Fsp3) is 0.222. The molecule has 2 aromatic heterocycles. The predicted octanol–water partition coefficient (Wildman–Crippen LogP) is 2.76. The van der Waals surface area contributed by atoms with Gasteiger partial charge < -0.3 is 0 Å². The molecule has 0 aromatic carbocycles. The summed E-state index contributed by atoms with van der Waals surface area (Å²) in [6.45, 7) is 4.26.